The highest BCUT2D eigenvalue weighted by molar-refractivity contribution is 5.72. The minimum Gasteiger partial charge on any atom is -0.378 e. The van der Waals surface area contributed by atoms with Crippen molar-refractivity contribution in [1.82, 2.24) is 0 Å². The second kappa shape index (κ2) is 4.21. The van der Waals surface area contributed by atoms with Gasteiger partial charge in [0, 0.05) is 0 Å². The zero-order valence-electron chi connectivity index (χ0n) is 5.65. The lowest BCUT2D eigenvalue weighted by Gasteiger charge is -2.12. The quantitative estimate of drug-likeness (QED) is 0.280. The summed E-state index contributed by atoms with van der Waals surface area (Å²) in [5.74, 6) is -1.75. The first-order chi connectivity index (χ1) is 4.63. The molecule has 2 unspecified atom stereocenters. The van der Waals surface area contributed by atoms with Crippen LogP contribution in [0, 0.1) is 5.92 Å². The Balaban J connectivity index is 3.93. The molecule has 0 saturated carbocycles. The van der Waals surface area contributed by atoms with Gasteiger partial charge in [0.15, 0.2) is 0 Å². The molecule has 0 aliphatic heterocycles. The van der Waals surface area contributed by atoms with Gasteiger partial charge in [0.25, 0.3) is 0 Å². The molecule has 5 heteroatoms. The Bertz CT molecular complexity index is 114. The fourth-order valence-electron chi connectivity index (χ4n) is 0.615. The molecule has 0 fully saturated rings. The highest BCUT2D eigenvalue weighted by Crippen LogP contribution is 2.06. The third-order valence-electron chi connectivity index (χ3n) is 1.24. The molecule has 5 nitrogen and oxygen atoms in total. The first-order valence-corrected chi connectivity index (χ1v) is 2.92. The Labute approximate surface area is 58.3 Å². The molecule has 10 heavy (non-hydrogen) atoms. The number of aliphatic hydroxyl groups excluding tert-OH is 1. The number of carbonyl (C=O) groups is 1. The molecule has 4 N–H and O–H groups in total. The van der Waals surface area contributed by atoms with E-state index in [9.17, 15) is 4.79 Å². The second-order valence-corrected chi connectivity index (χ2v) is 1.92. The average Bonchev–Trinajstić information content (AvgIpc) is 1.88. The smallest absolute Gasteiger partial charge is 0.349 e. The van der Waals surface area contributed by atoms with Crippen LogP contribution in [0.5, 0.6) is 0 Å². The maximum Gasteiger partial charge on any atom is 0.349 e. The fourth-order valence-corrected chi connectivity index (χ4v) is 0.615. The fraction of sp³-hybridized carbons (Fsp3) is 0.800. The van der Waals surface area contributed by atoms with E-state index in [4.69, 9.17) is 16.1 Å². The lowest BCUT2D eigenvalue weighted by molar-refractivity contribution is -0.241. The molecule has 0 aromatic heterocycles. The summed E-state index contributed by atoms with van der Waals surface area (Å²) in [5.41, 5.74) is 4.97. The molecule has 0 saturated heterocycles. The Morgan fingerprint density at radius 1 is 1.80 bits per heavy atom. The highest BCUT2D eigenvalue weighted by Gasteiger charge is 2.23. The van der Waals surface area contributed by atoms with Gasteiger partial charge in [-0.25, -0.2) is 4.79 Å². The van der Waals surface area contributed by atoms with Crippen LogP contribution < -0.4 is 5.73 Å². The van der Waals surface area contributed by atoms with Gasteiger partial charge in [0.05, 0.1) is 5.92 Å². The third kappa shape index (κ3) is 2.30. The van der Waals surface area contributed by atoms with Crippen molar-refractivity contribution < 1.29 is 20.0 Å². The Kier molecular flexibility index (Phi) is 3.94. The van der Waals surface area contributed by atoms with E-state index < -0.39 is 18.1 Å². The largest absolute Gasteiger partial charge is 0.378 e. The van der Waals surface area contributed by atoms with Crippen molar-refractivity contribution in [3.05, 3.63) is 0 Å². The molecule has 0 amide bonds. The number of carbonyl (C=O) groups excluding carboxylic acids is 1. The molecule has 0 aliphatic rings. The van der Waals surface area contributed by atoms with Crippen LogP contribution in [0.15, 0.2) is 0 Å². The van der Waals surface area contributed by atoms with Gasteiger partial charge >= 0.3 is 5.97 Å². The Morgan fingerprint density at radius 3 is 2.40 bits per heavy atom. The molecule has 0 spiro atoms. The summed E-state index contributed by atoms with van der Waals surface area (Å²) in [5, 5.41) is 16.5. The average molecular weight is 149 g/mol. The lowest BCUT2D eigenvalue weighted by atomic mass is 10.1. The zero-order chi connectivity index (χ0) is 8.15. The van der Waals surface area contributed by atoms with Crippen molar-refractivity contribution in [3.8, 4) is 0 Å². The summed E-state index contributed by atoms with van der Waals surface area (Å²) in [7, 11) is 0. The minimum absolute atomic E-state index is 0.330. The van der Waals surface area contributed by atoms with Crippen LogP contribution in [-0.2, 0) is 9.68 Å². The SMILES string of the molecule is CCC(C(=O)OO)C(N)O. The maximum absolute atomic E-state index is 10.5. The van der Waals surface area contributed by atoms with E-state index in [1.807, 2.05) is 0 Å². The van der Waals surface area contributed by atoms with Crippen molar-refractivity contribution in [2.45, 2.75) is 19.6 Å². The highest BCUT2D eigenvalue weighted by atomic mass is 17.1. The van der Waals surface area contributed by atoms with Crippen molar-refractivity contribution in [2.75, 3.05) is 0 Å². The molecule has 2 atom stereocenters. The normalized spacial score (nSPS) is 16.0. The van der Waals surface area contributed by atoms with Crippen LogP contribution in [-0.4, -0.2) is 22.6 Å². The number of rotatable bonds is 3. The molecular formula is C5H11NO4. The molecule has 0 heterocycles. The summed E-state index contributed by atoms with van der Waals surface area (Å²) in [6.07, 6.45) is -0.943. The van der Waals surface area contributed by atoms with Crippen molar-refractivity contribution in [2.24, 2.45) is 11.7 Å². The van der Waals surface area contributed by atoms with Gasteiger partial charge in [-0.05, 0) is 6.42 Å². The first kappa shape index (κ1) is 9.35. The van der Waals surface area contributed by atoms with E-state index in [-0.39, 0.29) is 0 Å². The molecule has 0 bridgehead atoms. The van der Waals surface area contributed by atoms with E-state index in [0.717, 1.165) is 0 Å². The van der Waals surface area contributed by atoms with E-state index in [2.05, 4.69) is 4.89 Å². The molecule has 0 aromatic rings. The van der Waals surface area contributed by atoms with Gasteiger partial charge in [-0.15, -0.1) is 0 Å². The molecule has 60 valence electrons. The van der Waals surface area contributed by atoms with Crippen LogP contribution in [0.2, 0.25) is 0 Å². The molecule has 0 aromatic carbocycles. The van der Waals surface area contributed by atoms with Crippen molar-refractivity contribution in [1.29, 1.82) is 0 Å². The first-order valence-electron chi connectivity index (χ1n) is 2.92. The van der Waals surface area contributed by atoms with E-state index in [1.165, 1.54) is 0 Å². The van der Waals surface area contributed by atoms with Crippen molar-refractivity contribution in [3.63, 3.8) is 0 Å². The molecule has 0 aliphatic carbocycles. The monoisotopic (exact) mass is 149 g/mol. The number of nitrogens with two attached hydrogens (primary N) is 1. The third-order valence-corrected chi connectivity index (χ3v) is 1.24. The van der Waals surface area contributed by atoms with Crippen LogP contribution in [0.1, 0.15) is 13.3 Å². The van der Waals surface area contributed by atoms with Crippen molar-refractivity contribution >= 4 is 5.97 Å². The second-order valence-electron chi connectivity index (χ2n) is 1.92. The molecule has 0 radical (unpaired) electrons. The summed E-state index contributed by atoms with van der Waals surface area (Å²) in [6, 6.07) is 0. The van der Waals surface area contributed by atoms with Gasteiger partial charge in [-0.2, -0.15) is 5.26 Å². The number of aliphatic hydroxyl groups is 1. The van der Waals surface area contributed by atoms with Crippen LogP contribution in [0.25, 0.3) is 0 Å². The number of hydrogen-bond donors (Lipinski definition) is 3. The maximum atomic E-state index is 10.5. The van der Waals surface area contributed by atoms with Crippen LogP contribution in [0.4, 0.5) is 0 Å². The van der Waals surface area contributed by atoms with Gasteiger partial charge in [-0.1, -0.05) is 6.92 Å². The lowest BCUT2D eigenvalue weighted by Crippen LogP contribution is -2.35. The molecular weight excluding hydrogens is 138 g/mol. The Morgan fingerprint density at radius 2 is 2.30 bits per heavy atom. The standard InChI is InChI=1S/C5H11NO4/c1-2-3(4(6)7)5(8)10-9/h3-4,7,9H,2,6H2,1H3. The minimum atomic E-state index is -1.27. The van der Waals surface area contributed by atoms with Crippen LogP contribution in [0.3, 0.4) is 0 Å². The predicted molar refractivity (Wildman–Crippen MR) is 32.7 cm³/mol. The summed E-state index contributed by atoms with van der Waals surface area (Å²) < 4.78 is 0. The summed E-state index contributed by atoms with van der Waals surface area (Å²) in [6.45, 7) is 1.65. The Hall–Kier alpha value is -0.650. The summed E-state index contributed by atoms with van der Waals surface area (Å²) in [4.78, 5) is 13.9. The van der Waals surface area contributed by atoms with Gasteiger partial charge in [-0.3, -0.25) is 0 Å². The van der Waals surface area contributed by atoms with E-state index in [0.29, 0.717) is 6.42 Å². The summed E-state index contributed by atoms with van der Waals surface area (Å²) >= 11 is 0. The predicted octanol–water partition coefficient (Wildman–Crippen LogP) is -0.694. The van der Waals surface area contributed by atoms with Gasteiger partial charge in [0.2, 0.25) is 0 Å². The topological polar surface area (TPSA) is 92.8 Å². The van der Waals surface area contributed by atoms with Crippen LogP contribution >= 0.6 is 0 Å². The van der Waals surface area contributed by atoms with Gasteiger partial charge in [0.1, 0.15) is 6.23 Å². The molecule has 0 rings (SSSR count). The van der Waals surface area contributed by atoms with E-state index >= 15 is 0 Å². The van der Waals surface area contributed by atoms with Gasteiger partial charge < -0.3 is 15.7 Å². The number of hydrogen-bond acceptors (Lipinski definition) is 5. The zero-order valence-corrected chi connectivity index (χ0v) is 5.65. The van der Waals surface area contributed by atoms with E-state index in [1.54, 1.807) is 6.92 Å².